The minimum atomic E-state index is -0.773. The van der Waals surface area contributed by atoms with E-state index in [0.717, 1.165) is 5.56 Å². The predicted molar refractivity (Wildman–Crippen MR) is 93.4 cm³/mol. The molecule has 8 heteroatoms. The van der Waals surface area contributed by atoms with E-state index in [0.29, 0.717) is 24.7 Å². The number of anilines is 1. The van der Waals surface area contributed by atoms with Crippen molar-refractivity contribution in [2.75, 3.05) is 11.4 Å². The van der Waals surface area contributed by atoms with Crippen molar-refractivity contribution in [2.45, 2.75) is 25.2 Å². The maximum atomic E-state index is 13.1. The topological polar surface area (TPSA) is 97.6 Å². The number of aromatic nitrogens is 2. The summed E-state index contributed by atoms with van der Waals surface area (Å²) in [4.78, 5) is 31.6. The van der Waals surface area contributed by atoms with E-state index in [1.165, 1.54) is 0 Å². The van der Waals surface area contributed by atoms with Gasteiger partial charge in [-0.25, -0.2) is 0 Å². The number of carbonyl (C=O) groups excluding carboxylic acids is 2. The number of nitrogens with one attached hydrogen (secondary N) is 1. The quantitative estimate of drug-likeness (QED) is 0.810. The fourth-order valence-corrected chi connectivity index (χ4v) is 4.28. The number of rotatable bonds is 4. The van der Waals surface area contributed by atoms with Crippen LogP contribution in [0.1, 0.15) is 11.3 Å². The molecule has 27 heavy (non-hydrogen) atoms. The first-order valence-corrected chi connectivity index (χ1v) is 8.86. The average Bonchev–Trinajstić information content (AvgIpc) is 3.42. The summed E-state index contributed by atoms with van der Waals surface area (Å²) in [6, 6.07) is 5.42. The Morgan fingerprint density at radius 2 is 2.37 bits per heavy atom. The van der Waals surface area contributed by atoms with Gasteiger partial charge in [0.1, 0.15) is 11.4 Å². The number of amides is 2. The maximum absolute atomic E-state index is 13.1. The molecule has 0 aliphatic carbocycles. The van der Waals surface area contributed by atoms with Gasteiger partial charge < -0.3 is 14.6 Å². The molecule has 2 amide bonds. The van der Waals surface area contributed by atoms with Crippen molar-refractivity contribution in [2.24, 2.45) is 11.8 Å². The number of carbonyl (C=O) groups is 2. The van der Waals surface area contributed by atoms with Crippen molar-refractivity contribution in [1.29, 1.82) is 0 Å². The zero-order valence-corrected chi connectivity index (χ0v) is 14.7. The summed E-state index contributed by atoms with van der Waals surface area (Å²) >= 11 is 0. The first-order chi connectivity index (χ1) is 13.1. The van der Waals surface area contributed by atoms with Crippen molar-refractivity contribution < 1.29 is 18.8 Å². The van der Waals surface area contributed by atoms with Crippen LogP contribution in [-0.2, 0) is 20.9 Å². The molecule has 2 aromatic rings. The first-order valence-electron chi connectivity index (χ1n) is 8.86. The molecule has 3 aliphatic heterocycles. The van der Waals surface area contributed by atoms with Crippen LogP contribution < -0.4 is 10.2 Å². The second-order valence-electron chi connectivity index (χ2n) is 7.20. The van der Waals surface area contributed by atoms with Gasteiger partial charge in [-0.15, -0.1) is 0 Å². The molecule has 138 valence electrons. The largest absolute Gasteiger partial charge is 0.360 e. The smallest absolute Gasteiger partial charge is 0.235 e. The first kappa shape index (κ1) is 16.2. The summed E-state index contributed by atoms with van der Waals surface area (Å²) in [7, 11) is 0. The molecule has 4 atom stereocenters. The summed E-state index contributed by atoms with van der Waals surface area (Å²) < 4.78 is 11.2. The Labute approximate surface area is 155 Å². The van der Waals surface area contributed by atoms with Crippen LogP contribution in [0.2, 0.25) is 0 Å². The average molecular weight is 366 g/mol. The summed E-state index contributed by atoms with van der Waals surface area (Å²) in [5, 5.41) is 6.86. The molecule has 1 spiro atoms. The zero-order chi connectivity index (χ0) is 18.6. The third-order valence-electron chi connectivity index (χ3n) is 5.48. The molecule has 0 aromatic carbocycles. The highest BCUT2D eigenvalue weighted by Gasteiger charge is 2.67. The van der Waals surface area contributed by atoms with Gasteiger partial charge in [-0.05, 0) is 18.6 Å². The van der Waals surface area contributed by atoms with Gasteiger partial charge in [-0.3, -0.25) is 19.5 Å². The highest BCUT2D eigenvalue weighted by atomic mass is 16.5. The highest BCUT2D eigenvalue weighted by Crippen LogP contribution is 2.52. The van der Waals surface area contributed by atoms with E-state index in [9.17, 15) is 9.59 Å². The van der Waals surface area contributed by atoms with Gasteiger partial charge in [-0.2, -0.15) is 0 Å². The Bertz CT molecular complexity index is 940. The lowest BCUT2D eigenvalue weighted by Gasteiger charge is -2.23. The molecule has 2 saturated heterocycles. The SMILES string of the molecule is Cc1cc(N2C[C@@]34C=C[C@@H](O3)[C@@H](C(=O)NCc3cccnc3)[C@H]4C2=O)no1. The Balaban J connectivity index is 1.38. The molecular weight excluding hydrogens is 348 g/mol. The molecule has 2 bridgehead atoms. The van der Waals surface area contributed by atoms with E-state index >= 15 is 0 Å². The maximum Gasteiger partial charge on any atom is 0.235 e. The Morgan fingerprint density at radius 3 is 3.11 bits per heavy atom. The lowest BCUT2D eigenvalue weighted by molar-refractivity contribution is -0.132. The van der Waals surface area contributed by atoms with Gasteiger partial charge in [0.2, 0.25) is 11.8 Å². The summed E-state index contributed by atoms with van der Waals surface area (Å²) in [6.45, 7) is 2.47. The van der Waals surface area contributed by atoms with Crippen LogP contribution in [0.3, 0.4) is 0 Å². The fourth-order valence-electron chi connectivity index (χ4n) is 4.28. The van der Waals surface area contributed by atoms with E-state index in [-0.39, 0.29) is 17.9 Å². The van der Waals surface area contributed by atoms with Crippen molar-refractivity contribution in [1.82, 2.24) is 15.5 Å². The Morgan fingerprint density at radius 1 is 1.48 bits per heavy atom. The van der Waals surface area contributed by atoms with E-state index in [1.54, 1.807) is 30.3 Å². The number of hydrogen-bond acceptors (Lipinski definition) is 6. The minimum Gasteiger partial charge on any atom is -0.360 e. The van der Waals surface area contributed by atoms with Crippen LogP contribution in [0.15, 0.2) is 47.3 Å². The lowest BCUT2D eigenvalue weighted by atomic mass is 9.77. The molecule has 0 saturated carbocycles. The number of fused-ring (bicyclic) bond motifs is 1. The standard InChI is InChI=1S/C19H18N4O4/c1-11-7-14(22-27-11)23-10-19-5-4-13(26-19)15(16(19)18(23)25)17(24)21-9-12-3-2-6-20-8-12/h2-8,13,15-16H,9-10H2,1H3,(H,21,24)/t13-,15-,16+,19-/m1/s1. The second-order valence-corrected chi connectivity index (χ2v) is 7.20. The molecule has 0 unspecified atom stereocenters. The minimum absolute atomic E-state index is 0.156. The van der Waals surface area contributed by atoms with Crippen LogP contribution in [0.25, 0.3) is 0 Å². The van der Waals surface area contributed by atoms with Gasteiger partial charge in [0.15, 0.2) is 5.82 Å². The molecule has 8 nitrogen and oxygen atoms in total. The van der Waals surface area contributed by atoms with E-state index in [4.69, 9.17) is 9.26 Å². The molecule has 0 radical (unpaired) electrons. The van der Waals surface area contributed by atoms with Gasteiger partial charge in [-0.1, -0.05) is 23.4 Å². The third-order valence-corrected chi connectivity index (χ3v) is 5.48. The van der Waals surface area contributed by atoms with Crippen molar-refractivity contribution >= 4 is 17.6 Å². The van der Waals surface area contributed by atoms with Crippen molar-refractivity contribution in [3.05, 3.63) is 54.1 Å². The summed E-state index contributed by atoms with van der Waals surface area (Å²) in [5.74, 6) is -0.381. The number of nitrogens with zero attached hydrogens (tertiary/aromatic N) is 3. The van der Waals surface area contributed by atoms with E-state index in [2.05, 4.69) is 15.5 Å². The van der Waals surface area contributed by atoms with Crippen molar-refractivity contribution in [3.63, 3.8) is 0 Å². The predicted octanol–water partition coefficient (Wildman–Crippen LogP) is 0.981. The van der Waals surface area contributed by atoms with Crippen molar-refractivity contribution in [3.8, 4) is 0 Å². The molecule has 2 aromatic heterocycles. The fraction of sp³-hybridized carbons (Fsp3) is 0.368. The van der Waals surface area contributed by atoms with Crippen LogP contribution in [0.5, 0.6) is 0 Å². The molecule has 2 fully saturated rings. The Hall–Kier alpha value is -3.00. The monoisotopic (exact) mass is 366 g/mol. The lowest BCUT2D eigenvalue weighted by Crippen LogP contribution is -2.44. The third kappa shape index (κ3) is 2.40. The highest BCUT2D eigenvalue weighted by molar-refractivity contribution is 6.02. The number of pyridine rings is 1. The second kappa shape index (κ2) is 5.75. The number of ether oxygens (including phenoxy) is 1. The van der Waals surface area contributed by atoms with Crippen LogP contribution >= 0.6 is 0 Å². The van der Waals surface area contributed by atoms with Gasteiger partial charge in [0, 0.05) is 25.0 Å². The Kier molecular flexibility index (Phi) is 3.45. The number of hydrogen-bond donors (Lipinski definition) is 1. The van der Waals surface area contributed by atoms with Crippen LogP contribution in [0.4, 0.5) is 5.82 Å². The van der Waals surface area contributed by atoms with E-state index < -0.39 is 17.4 Å². The van der Waals surface area contributed by atoms with Gasteiger partial charge >= 0.3 is 0 Å². The number of aryl methyl sites for hydroxylation is 1. The zero-order valence-electron chi connectivity index (χ0n) is 14.7. The molecular formula is C19H18N4O4. The van der Waals surface area contributed by atoms with Crippen LogP contribution in [0, 0.1) is 18.8 Å². The van der Waals surface area contributed by atoms with Gasteiger partial charge in [0.05, 0.1) is 24.5 Å². The van der Waals surface area contributed by atoms with Crippen LogP contribution in [-0.4, -0.2) is 40.2 Å². The molecule has 1 N–H and O–H groups in total. The molecule has 5 rings (SSSR count). The van der Waals surface area contributed by atoms with Gasteiger partial charge in [0.25, 0.3) is 0 Å². The van der Waals surface area contributed by atoms with E-state index in [1.807, 2.05) is 24.3 Å². The molecule has 3 aliphatic rings. The molecule has 5 heterocycles. The summed E-state index contributed by atoms with van der Waals surface area (Å²) in [6.07, 6.45) is 6.80. The normalized spacial score (nSPS) is 30.8. The summed E-state index contributed by atoms with van der Waals surface area (Å²) in [5.41, 5.74) is 0.128.